The molecule has 27 heavy (non-hydrogen) atoms. The van der Waals surface area contributed by atoms with Gasteiger partial charge in [-0.25, -0.2) is 4.79 Å². The van der Waals surface area contributed by atoms with Crippen LogP contribution in [-0.4, -0.2) is 48.9 Å². The van der Waals surface area contributed by atoms with Crippen LogP contribution in [0.25, 0.3) is 0 Å². The molecule has 3 rings (SSSR count). The van der Waals surface area contributed by atoms with Crippen molar-refractivity contribution in [3.63, 3.8) is 0 Å². The molecule has 6 heteroatoms. The van der Waals surface area contributed by atoms with E-state index in [4.69, 9.17) is 9.47 Å². The lowest BCUT2D eigenvalue weighted by molar-refractivity contribution is -0.154. The monoisotopic (exact) mass is 373 g/mol. The van der Waals surface area contributed by atoms with Crippen LogP contribution in [-0.2, 0) is 14.3 Å². The van der Waals surface area contributed by atoms with Crippen molar-refractivity contribution >= 4 is 18.2 Å². The van der Waals surface area contributed by atoms with E-state index in [2.05, 4.69) is 20.8 Å². The molecule has 1 saturated carbocycles. The van der Waals surface area contributed by atoms with Crippen molar-refractivity contribution in [2.75, 3.05) is 19.8 Å². The zero-order valence-electron chi connectivity index (χ0n) is 16.2. The summed E-state index contributed by atoms with van der Waals surface area (Å²) in [5.74, 6) is -0.458. The Morgan fingerprint density at radius 2 is 1.93 bits per heavy atom. The number of esters is 1. The molecular formula is C21H27NO5. The van der Waals surface area contributed by atoms with E-state index in [1.54, 1.807) is 24.3 Å². The maximum absolute atomic E-state index is 12.6. The van der Waals surface area contributed by atoms with E-state index in [9.17, 15) is 14.4 Å². The first-order chi connectivity index (χ1) is 12.7. The Labute approximate surface area is 159 Å². The van der Waals surface area contributed by atoms with Gasteiger partial charge in [-0.1, -0.05) is 32.9 Å². The average molecular weight is 373 g/mol. The topological polar surface area (TPSA) is 72.9 Å². The number of amides is 1. The number of para-hydroxylation sites is 1. The third-order valence-electron chi connectivity index (χ3n) is 5.48. The van der Waals surface area contributed by atoms with Crippen LogP contribution in [0.2, 0.25) is 0 Å². The molecule has 1 aromatic carbocycles. The molecule has 0 aromatic heterocycles. The molecule has 146 valence electrons. The average Bonchev–Trinajstić information content (AvgIpc) is 2.86. The highest BCUT2D eigenvalue weighted by atomic mass is 16.6. The van der Waals surface area contributed by atoms with E-state index < -0.39 is 5.97 Å². The largest absolute Gasteiger partial charge is 0.481 e. The molecule has 6 nitrogen and oxygen atoms in total. The summed E-state index contributed by atoms with van der Waals surface area (Å²) in [6, 6.07) is 6.85. The Morgan fingerprint density at radius 3 is 2.67 bits per heavy atom. The molecule has 1 amide bonds. The number of aldehydes is 1. The third kappa shape index (κ3) is 4.49. The lowest BCUT2D eigenvalue weighted by Crippen LogP contribution is -2.40. The van der Waals surface area contributed by atoms with Crippen LogP contribution in [0.3, 0.4) is 0 Å². The van der Waals surface area contributed by atoms with Gasteiger partial charge in [0.05, 0.1) is 5.56 Å². The lowest BCUT2D eigenvalue weighted by atomic mass is 9.65. The summed E-state index contributed by atoms with van der Waals surface area (Å²) in [5, 5.41) is 0. The van der Waals surface area contributed by atoms with Gasteiger partial charge in [0.25, 0.3) is 5.91 Å². The van der Waals surface area contributed by atoms with E-state index in [0.29, 0.717) is 17.6 Å². The summed E-state index contributed by atoms with van der Waals surface area (Å²) in [6.07, 6.45) is 3.76. The second kappa shape index (κ2) is 7.33. The molecule has 1 aliphatic carbocycles. The summed E-state index contributed by atoms with van der Waals surface area (Å²) in [5.41, 5.74) is 0.735. The maximum atomic E-state index is 12.6. The third-order valence-corrected chi connectivity index (χ3v) is 5.48. The van der Waals surface area contributed by atoms with Crippen LogP contribution >= 0.6 is 0 Å². The second-order valence-electron chi connectivity index (χ2n) is 8.84. The van der Waals surface area contributed by atoms with Crippen LogP contribution in [0.15, 0.2) is 24.3 Å². The van der Waals surface area contributed by atoms with Crippen LogP contribution in [0.4, 0.5) is 0 Å². The van der Waals surface area contributed by atoms with Crippen molar-refractivity contribution < 1.29 is 23.9 Å². The van der Waals surface area contributed by atoms with Crippen LogP contribution in [0, 0.1) is 10.8 Å². The normalized spacial score (nSPS) is 25.7. The van der Waals surface area contributed by atoms with Gasteiger partial charge in [-0.05, 0) is 42.2 Å². The summed E-state index contributed by atoms with van der Waals surface area (Å²) < 4.78 is 10.4. The summed E-state index contributed by atoms with van der Waals surface area (Å²) >= 11 is 0. The number of fused-ring (bicyclic) bond motifs is 2. The van der Waals surface area contributed by atoms with Crippen LogP contribution in [0.1, 0.15) is 50.4 Å². The number of hydrogen-bond acceptors (Lipinski definition) is 5. The van der Waals surface area contributed by atoms with Crippen molar-refractivity contribution in [2.24, 2.45) is 10.8 Å². The molecule has 1 aliphatic heterocycles. The van der Waals surface area contributed by atoms with Gasteiger partial charge < -0.3 is 14.4 Å². The van der Waals surface area contributed by atoms with Crippen molar-refractivity contribution in [1.82, 2.24) is 4.90 Å². The Kier molecular flexibility index (Phi) is 5.27. The fourth-order valence-electron chi connectivity index (χ4n) is 4.86. The minimum absolute atomic E-state index is 0.147. The zero-order chi connectivity index (χ0) is 19.7. The van der Waals surface area contributed by atoms with Gasteiger partial charge in [0.1, 0.15) is 5.75 Å². The molecule has 0 spiro atoms. The number of ether oxygens (including phenoxy) is 2. The molecule has 0 radical (unpaired) electrons. The van der Waals surface area contributed by atoms with E-state index in [-0.39, 0.29) is 36.0 Å². The summed E-state index contributed by atoms with van der Waals surface area (Å²) in [4.78, 5) is 37.3. The van der Waals surface area contributed by atoms with Gasteiger partial charge in [-0.2, -0.15) is 0 Å². The number of nitrogens with zero attached hydrogens (tertiary/aromatic N) is 1. The smallest absolute Gasteiger partial charge is 0.344 e. The minimum atomic E-state index is -0.627. The molecule has 1 aromatic rings. The van der Waals surface area contributed by atoms with Crippen molar-refractivity contribution in [3.8, 4) is 5.75 Å². The van der Waals surface area contributed by atoms with Crippen molar-refractivity contribution in [2.45, 2.75) is 46.1 Å². The summed E-state index contributed by atoms with van der Waals surface area (Å²) in [6.45, 7) is 6.84. The number of carbonyl (C=O) groups excluding carboxylic acids is 3. The lowest BCUT2D eigenvalue weighted by Gasteiger charge is -2.39. The number of hydrogen-bond donors (Lipinski definition) is 0. The van der Waals surface area contributed by atoms with Gasteiger partial charge >= 0.3 is 5.97 Å². The molecule has 2 unspecified atom stereocenters. The van der Waals surface area contributed by atoms with Crippen LogP contribution < -0.4 is 4.74 Å². The molecule has 2 atom stereocenters. The zero-order valence-corrected chi connectivity index (χ0v) is 16.2. The first kappa shape index (κ1) is 19.4. The number of carbonyl (C=O) groups is 3. The van der Waals surface area contributed by atoms with Crippen LogP contribution in [0.5, 0.6) is 5.75 Å². The Hall–Kier alpha value is -2.37. The van der Waals surface area contributed by atoms with Crippen molar-refractivity contribution in [1.29, 1.82) is 0 Å². The standard InChI is InChI=1S/C21H27NO5/c1-20(2)8-16-9-21(3,13-20)14-22(16)18(24)11-27-19(25)12-26-17-7-5-4-6-15(17)10-23/h4-7,10,16H,8-9,11-14H2,1-3H3. The highest BCUT2D eigenvalue weighted by Crippen LogP contribution is 2.52. The maximum Gasteiger partial charge on any atom is 0.344 e. The van der Waals surface area contributed by atoms with Gasteiger partial charge in [-0.15, -0.1) is 0 Å². The predicted octanol–water partition coefficient (Wildman–Crippen LogP) is 2.85. The molecule has 2 aliphatic rings. The molecule has 1 saturated heterocycles. The fraction of sp³-hybridized carbons (Fsp3) is 0.571. The summed E-state index contributed by atoms with van der Waals surface area (Å²) in [7, 11) is 0. The minimum Gasteiger partial charge on any atom is -0.481 e. The highest BCUT2D eigenvalue weighted by molar-refractivity contribution is 5.82. The molecular weight excluding hydrogens is 346 g/mol. The van der Waals surface area contributed by atoms with E-state index in [0.717, 1.165) is 25.8 Å². The Bertz CT molecular complexity index is 744. The number of likely N-dealkylation sites (tertiary alicyclic amines) is 1. The van der Waals surface area contributed by atoms with E-state index in [1.165, 1.54) is 0 Å². The molecule has 0 N–H and O–H groups in total. The van der Waals surface area contributed by atoms with Gasteiger partial charge in [0.15, 0.2) is 19.5 Å². The molecule has 2 fully saturated rings. The SMILES string of the molecule is CC1(C)CC2CC(C)(CN2C(=O)COC(=O)COc2ccccc2C=O)C1. The number of benzene rings is 1. The van der Waals surface area contributed by atoms with Gasteiger partial charge in [-0.3, -0.25) is 9.59 Å². The molecule has 1 heterocycles. The number of rotatable bonds is 6. The second-order valence-corrected chi connectivity index (χ2v) is 8.84. The quantitative estimate of drug-likeness (QED) is 0.566. The van der Waals surface area contributed by atoms with Gasteiger partial charge in [0, 0.05) is 12.6 Å². The van der Waals surface area contributed by atoms with Gasteiger partial charge in [0.2, 0.25) is 0 Å². The fourth-order valence-corrected chi connectivity index (χ4v) is 4.86. The van der Waals surface area contributed by atoms with E-state index in [1.807, 2.05) is 4.90 Å². The Morgan fingerprint density at radius 1 is 1.19 bits per heavy atom. The predicted molar refractivity (Wildman–Crippen MR) is 99.5 cm³/mol. The highest BCUT2D eigenvalue weighted by Gasteiger charge is 2.50. The molecule has 2 bridgehead atoms. The first-order valence-corrected chi connectivity index (χ1v) is 9.33. The van der Waals surface area contributed by atoms with Crippen molar-refractivity contribution in [3.05, 3.63) is 29.8 Å². The first-order valence-electron chi connectivity index (χ1n) is 9.33. The van der Waals surface area contributed by atoms with E-state index >= 15 is 0 Å². The Balaban J connectivity index is 1.49.